The summed E-state index contributed by atoms with van der Waals surface area (Å²) < 4.78 is 6.49. The van der Waals surface area contributed by atoms with Crippen molar-refractivity contribution in [2.45, 2.75) is 6.92 Å². The maximum absolute atomic E-state index is 11.2. The monoisotopic (exact) mass is 398 g/mol. The molecule has 3 aromatic rings. The number of ether oxygens (including phenoxy) is 1. The molecule has 5 nitrogen and oxygen atoms in total. The summed E-state index contributed by atoms with van der Waals surface area (Å²) >= 11 is -0.360. The molecule has 0 atom stereocenters. The Labute approximate surface area is 151 Å². The Bertz CT molecular complexity index is 1000. The molecule has 0 spiro atoms. The van der Waals surface area contributed by atoms with E-state index in [-0.39, 0.29) is 14.5 Å². The molecule has 0 aliphatic carbocycles. The fourth-order valence-corrected chi connectivity index (χ4v) is 4.46. The number of aromatic nitrogens is 1. The normalized spacial score (nSPS) is 10.3. The van der Waals surface area contributed by atoms with E-state index in [9.17, 15) is 9.90 Å². The van der Waals surface area contributed by atoms with Crippen molar-refractivity contribution in [3.8, 4) is 27.0 Å². The second kappa shape index (κ2) is 6.94. The van der Waals surface area contributed by atoms with Crippen LogP contribution in [0, 0.1) is 13.5 Å². The third kappa shape index (κ3) is 3.20. The van der Waals surface area contributed by atoms with Gasteiger partial charge in [0.25, 0.3) is 0 Å². The fraction of sp³-hybridized carbons (Fsp3) is 0.105. The Morgan fingerprint density at radius 1 is 1.24 bits per heavy atom. The Morgan fingerprint density at radius 2 is 2.00 bits per heavy atom. The molecule has 0 aliphatic heterocycles. The van der Waals surface area contributed by atoms with Crippen molar-refractivity contribution in [3.05, 3.63) is 64.0 Å². The van der Waals surface area contributed by atoms with Gasteiger partial charge in [-0.3, -0.25) is 0 Å². The van der Waals surface area contributed by atoms with E-state index >= 15 is 0 Å². The van der Waals surface area contributed by atoms with Crippen molar-refractivity contribution in [3.63, 3.8) is 0 Å². The average molecular weight is 397 g/mol. The van der Waals surface area contributed by atoms with Crippen LogP contribution in [0.5, 0.6) is 5.75 Å². The van der Waals surface area contributed by atoms with Crippen molar-refractivity contribution < 1.29 is 14.6 Å². The van der Waals surface area contributed by atoms with E-state index in [0.29, 0.717) is 21.6 Å². The van der Waals surface area contributed by atoms with Crippen LogP contribution in [-0.2, 0) is 0 Å². The number of carboxylic acids is 1. The fourth-order valence-electron chi connectivity index (χ4n) is 2.57. The topological polar surface area (TPSA) is 63.8 Å². The summed E-state index contributed by atoms with van der Waals surface area (Å²) in [7, 11) is 1.60. The minimum absolute atomic E-state index is 0.360. The van der Waals surface area contributed by atoms with Crippen LogP contribution < -0.4 is 4.74 Å². The number of carbonyl (C=O) groups is 1. The number of carboxylic acid groups (broad SMARTS) is 1. The predicted octanol–water partition coefficient (Wildman–Crippen LogP) is 4.04. The van der Waals surface area contributed by atoms with Gasteiger partial charge in [-0.2, -0.15) is 0 Å². The molecular formula is C19H14N2O3Se. The van der Waals surface area contributed by atoms with Crippen molar-refractivity contribution >= 4 is 26.2 Å². The number of aromatic carboxylic acids is 1. The standard InChI is InChI=1S/C19H14N2O3Se/c1-11-17(19(22)23)25-18(21-11)12-8-9-13(15(10-12)20-2)14-6-4-5-7-16(14)24-3/h4-10H,1,3H3,(H,22,23). The molecule has 1 aromatic heterocycles. The van der Waals surface area contributed by atoms with Gasteiger partial charge in [0, 0.05) is 0 Å². The van der Waals surface area contributed by atoms with Crippen LogP contribution in [0.4, 0.5) is 5.69 Å². The second-order valence-corrected chi connectivity index (χ2v) is 7.38. The molecule has 25 heavy (non-hydrogen) atoms. The number of aryl methyl sites for hydroxylation is 1. The number of benzene rings is 2. The first kappa shape index (κ1) is 17.0. The van der Waals surface area contributed by atoms with Crippen LogP contribution in [0.3, 0.4) is 0 Å². The Morgan fingerprint density at radius 3 is 2.64 bits per heavy atom. The summed E-state index contributed by atoms with van der Waals surface area (Å²) in [6, 6.07) is 13.1. The van der Waals surface area contributed by atoms with Crippen LogP contribution in [0.2, 0.25) is 0 Å². The van der Waals surface area contributed by atoms with Gasteiger partial charge in [-0.1, -0.05) is 0 Å². The molecule has 6 heteroatoms. The summed E-state index contributed by atoms with van der Waals surface area (Å²) in [6.07, 6.45) is 0. The van der Waals surface area contributed by atoms with Crippen molar-refractivity contribution in [1.82, 2.24) is 4.98 Å². The Balaban J connectivity index is 2.11. The first-order valence-corrected chi connectivity index (χ1v) is 9.12. The predicted molar refractivity (Wildman–Crippen MR) is 96.6 cm³/mol. The molecule has 2 aromatic carbocycles. The molecule has 0 bridgehead atoms. The SMILES string of the molecule is [C-]#[N+]c1cc(-c2nc(C)c(C(=O)O)[se]2)ccc1-c1ccccc1OC. The van der Waals surface area contributed by atoms with Crippen molar-refractivity contribution in [1.29, 1.82) is 0 Å². The Hall–Kier alpha value is -2.87. The molecule has 124 valence electrons. The van der Waals surface area contributed by atoms with Gasteiger partial charge in [0.1, 0.15) is 0 Å². The van der Waals surface area contributed by atoms with E-state index in [0.717, 1.165) is 21.3 Å². The molecule has 0 amide bonds. The van der Waals surface area contributed by atoms with E-state index in [1.54, 1.807) is 20.1 Å². The molecule has 0 unspecified atom stereocenters. The average Bonchev–Trinajstić information content (AvgIpc) is 3.03. The van der Waals surface area contributed by atoms with Crippen LogP contribution in [0.1, 0.15) is 14.9 Å². The van der Waals surface area contributed by atoms with Gasteiger partial charge in [0.05, 0.1) is 0 Å². The maximum atomic E-state index is 11.2. The number of hydrogen-bond acceptors (Lipinski definition) is 3. The number of hydrogen-bond donors (Lipinski definition) is 1. The molecule has 0 fully saturated rings. The summed E-state index contributed by atoms with van der Waals surface area (Å²) in [5.41, 5.74) is 3.45. The summed E-state index contributed by atoms with van der Waals surface area (Å²) in [4.78, 5) is 19.3. The number of rotatable bonds is 4. The van der Waals surface area contributed by atoms with Gasteiger partial charge < -0.3 is 0 Å². The van der Waals surface area contributed by atoms with E-state index < -0.39 is 5.97 Å². The van der Waals surface area contributed by atoms with Gasteiger partial charge >= 0.3 is 151 Å². The minimum atomic E-state index is -0.924. The zero-order chi connectivity index (χ0) is 18.0. The quantitative estimate of drug-likeness (QED) is 0.533. The molecule has 0 saturated heterocycles. The molecule has 0 aliphatic rings. The first-order valence-electron chi connectivity index (χ1n) is 7.41. The molecule has 3 rings (SSSR count). The molecular weight excluding hydrogens is 383 g/mol. The van der Waals surface area contributed by atoms with Crippen LogP contribution in [0.15, 0.2) is 42.5 Å². The number of nitrogens with zero attached hydrogens (tertiary/aromatic N) is 2. The molecule has 1 heterocycles. The van der Waals surface area contributed by atoms with Gasteiger partial charge in [-0.15, -0.1) is 0 Å². The number of para-hydroxylation sites is 1. The third-order valence-electron chi connectivity index (χ3n) is 3.75. The molecule has 1 N–H and O–H groups in total. The number of methoxy groups -OCH3 is 1. The molecule has 0 radical (unpaired) electrons. The molecule has 0 saturated carbocycles. The van der Waals surface area contributed by atoms with Gasteiger partial charge in [0.2, 0.25) is 0 Å². The zero-order valence-electron chi connectivity index (χ0n) is 13.6. The third-order valence-corrected chi connectivity index (χ3v) is 6.26. The van der Waals surface area contributed by atoms with Crippen molar-refractivity contribution in [2.75, 3.05) is 7.11 Å². The van der Waals surface area contributed by atoms with E-state index in [4.69, 9.17) is 11.3 Å². The second-order valence-electron chi connectivity index (χ2n) is 5.28. The van der Waals surface area contributed by atoms with Crippen LogP contribution in [0.25, 0.3) is 26.1 Å². The summed E-state index contributed by atoms with van der Waals surface area (Å²) in [6.45, 7) is 9.23. The first-order chi connectivity index (χ1) is 12.0. The van der Waals surface area contributed by atoms with Crippen LogP contribution >= 0.6 is 0 Å². The summed E-state index contributed by atoms with van der Waals surface area (Å²) in [5, 5.41) is 9.22. The van der Waals surface area contributed by atoms with Gasteiger partial charge in [0.15, 0.2) is 0 Å². The van der Waals surface area contributed by atoms with Gasteiger partial charge in [-0.25, -0.2) is 0 Å². The van der Waals surface area contributed by atoms with E-state index in [2.05, 4.69) is 9.83 Å². The van der Waals surface area contributed by atoms with Gasteiger partial charge in [-0.05, 0) is 0 Å². The van der Waals surface area contributed by atoms with Crippen LogP contribution in [-0.4, -0.2) is 37.7 Å². The Kier molecular flexibility index (Phi) is 4.71. The van der Waals surface area contributed by atoms with E-state index in [1.807, 2.05) is 36.4 Å². The van der Waals surface area contributed by atoms with E-state index in [1.165, 1.54) is 0 Å². The van der Waals surface area contributed by atoms with Crippen molar-refractivity contribution in [2.24, 2.45) is 0 Å². The zero-order valence-corrected chi connectivity index (χ0v) is 15.3. The summed E-state index contributed by atoms with van der Waals surface area (Å²) in [5.74, 6) is -0.222.